The first-order chi connectivity index (χ1) is 15.6. The lowest BCUT2D eigenvalue weighted by molar-refractivity contribution is 0.0766. The molecule has 4 aromatic rings. The van der Waals surface area contributed by atoms with Gasteiger partial charge < -0.3 is 10.1 Å². The lowest BCUT2D eigenvalue weighted by atomic mass is 9.58. The van der Waals surface area contributed by atoms with Crippen LogP contribution in [0.1, 0.15) is 34.4 Å². The SMILES string of the molecule is Cc1cccc2c3c([nH]c12)CC1(c2ccc(O)cc2)CCN(Cc2ccccc2)CC1C3. The Kier molecular flexibility index (Phi) is 4.62. The van der Waals surface area contributed by atoms with Gasteiger partial charge in [-0.05, 0) is 73.0 Å². The van der Waals surface area contributed by atoms with Crippen LogP contribution in [-0.2, 0) is 24.8 Å². The molecule has 1 fully saturated rings. The van der Waals surface area contributed by atoms with E-state index in [0.29, 0.717) is 11.7 Å². The van der Waals surface area contributed by atoms with Gasteiger partial charge in [-0.25, -0.2) is 0 Å². The lowest BCUT2D eigenvalue weighted by Crippen LogP contribution is -2.53. The summed E-state index contributed by atoms with van der Waals surface area (Å²) < 4.78 is 0. The molecule has 1 aromatic heterocycles. The number of aromatic amines is 1. The number of nitrogens with zero attached hydrogens (tertiary/aromatic N) is 1. The summed E-state index contributed by atoms with van der Waals surface area (Å²) in [4.78, 5) is 6.45. The summed E-state index contributed by atoms with van der Waals surface area (Å²) in [6.45, 7) is 5.42. The van der Waals surface area contributed by atoms with Gasteiger partial charge in [-0.2, -0.15) is 0 Å². The maximum absolute atomic E-state index is 9.92. The molecule has 3 aromatic carbocycles. The molecule has 1 aliphatic heterocycles. The molecule has 3 nitrogen and oxygen atoms in total. The third-order valence-corrected chi connectivity index (χ3v) is 8.01. The molecular weight excluding hydrogens is 392 g/mol. The Balaban J connectivity index is 1.41. The Bertz CT molecular complexity index is 1260. The highest BCUT2D eigenvalue weighted by Crippen LogP contribution is 2.49. The second kappa shape index (κ2) is 7.53. The molecule has 2 unspecified atom stereocenters. The standard InChI is InChI=1S/C29H30N2O/c1-20-6-5-9-25-26-16-23-19-31(18-21-7-3-2-4-8-21)15-14-29(23,17-27(26)30-28(20)25)22-10-12-24(32)13-11-22/h2-13,23,30,32H,14-19H2,1H3. The van der Waals surface area contributed by atoms with Crippen LogP contribution >= 0.6 is 0 Å². The second-order valence-corrected chi connectivity index (χ2v) is 9.83. The highest BCUT2D eigenvalue weighted by molar-refractivity contribution is 5.87. The molecule has 2 atom stereocenters. The molecule has 0 radical (unpaired) electrons. The fraction of sp³-hybridized carbons (Fsp3) is 0.310. The van der Waals surface area contributed by atoms with Crippen LogP contribution < -0.4 is 0 Å². The number of aromatic hydroxyl groups is 1. The number of benzene rings is 3. The first-order valence-corrected chi connectivity index (χ1v) is 11.8. The summed E-state index contributed by atoms with van der Waals surface area (Å²) in [6.07, 6.45) is 3.29. The smallest absolute Gasteiger partial charge is 0.115 e. The Labute approximate surface area is 189 Å². The number of H-pyrrole nitrogens is 1. The molecule has 1 aliphatic carbocycles. The van der Waals surface area contributed by atoms with E-state index in [1.54, 1.807) is 0 Å². The third kappa shape index (κ3) is 3.15. The van der Waals surface area contributed by atoms with E-state index in [-0.39, 0.29) is 5.41 Å². The van der Waals surface area contributed by atoms with Gasteiger partial charge in [0.05, 0.1) is 0 Å². The highest BCUT2D eigenvalue weighted by Gasteiger charge is 2.48. The fourth-order valence-electron chi connectivity index (χ4n) is 6.31. The number of phenols is 1. The molecule has 6 rings (SSSR count). The van der Waals surface area contributed by atoms with E-state index in [1.807, 2.05) is 12.1 Å². The largest absolute Gasteiger partial charge is 0.508 e. The van der Waals surface area contributed by atoms with Crippen molar-refractivity contribution in [1.29, 1.82) is 0 Å². The van der Waals surface area contributed by atoms with Crippen molar-refractivity contribution >= 4 is 10.9 Å². The highest BCUT2D eigenvalue weighted by atomic mass is 16.3. The van der Waals surface area contributed by atoms with E-state index in [1.165, 1.54) is 38.9 Å². The molecule has 0 bridgehead atoms. The van der Waals surface area contributed by atoms with E-state index in [4.69, 9.17) is 0 Å². The van der Waals surface area contributed by atoms with E-state index in [0.717, 1.165) is 38.9 Å². The van der Waals surface area contributed by atoms with Gasteiger partial charge in [0.1, 0.15) is 5.75 Å². The van der Waals surface area contributed by atoms with Crippen LogP contribution in [0.5, 0.6) is 5.75 Å². The number of hydrogen-bond donors (Lipinski definition) is 2. The predicted molar refractivity (Wildman–Crippen MR) is 130 cm³/mol. The van der Waals surface area contributed by atoms with Crippen molar-refractivity contribution in [2.45, 2.75) is 38.1 Å². The zero-order valence-electron chi connectivity index (χ0n) is 18.6. The minimum Gasteiger partial charge on any atom is -0.508 e. The van der Waals surface area contributed by atoms with E-state index in [9.17, 15) is 5.11 Å². The van der Waals surface area contributed by atoms with E-state index in [2.05, 4.69) is 77.5 Å². The Morgan fingerprint density at radius 2 is 1.81 bits per heavy atom. The van der Waals surface area contributed by atoms with Crippen LogP contribution in [0.4, 0.5) is 0 Å². The quantitative estimate of drug-likeness (QED) is 0.442. The number of nitrogens with one attached hydrogen (secondary N) is 1. The number of piperidine rings is 1. The summed E-state index contributed by atoms with van der Waals surface area (Å²) >= 11 is 0. The van der Waals surface area contributed by atoms with Crippen LogP contribution in [-0.4, -0.2) is 28.1 Å². The van der Waals surface area contributed by atoms with Gasteiger partial charge in [-0.3, -0.25) is 4.90 Å². The summed E-state index contributed by atoms with van der Waals surface area (Å²) in [6, 6.07) is 25.6. The van der Waals surface area contributed by atoms with Crippen molar-refractivity contribution in [3.05, 3.63) is 101 Å². The summed E-state index contributed by atoms with van der Waals surface area (Å²) in [7, 11) is 0. The molecule has 0 spiro atoms. The van der Waals surface area contributed by atoms with Gasteiger partial charge in [0, 0.05) is 35.1 Å². The topological polar surface area (TPSA) is 39.3 Å². The third-order valence-electron chi connectivity index (χ3n) is 8.01. The fourth-order valence-corrected chi connectivity index (χ4v) is 6.31. The zero-order chi connectivity index (χ0) is 21.7. The Hall–Kier alpha value is -3.04. The predicted octanol–water partition coefficient (Wildman–Crippen LogP) is 5.74. The van der Waals surface area contributed by atoms with Crippen LogP contribution in [0.2, 0.25) is 0 Å². The molecule has 1 saturated heterocycles. The molecule has 32 heavy (non-hydrogen) atoms. The molecule has 0 amide bonds. The minimum absolute atomic E-state index is 0.114. The van der Waals surface area contributed by atoms with Crippen LogP contribution in [0.25, 0.3) is 10.9 Å². The first-order valence-electron chi connectivity index (χ1n) is 11.8. The number of likely N-dealkylation sites (tertiary alicyclic amines) is 1. The van der Waals surface area contributed by atoms with Crippen molar-refractivity contribution in [1.82, 2.24) is 9.88 Å². The molecule has 2 N–H and O–H groups in total. The average molecular weight is 423 g/mol. The van der Waals surface area contributed by atoms with Gasteiger partial charge in [-0.15, -0.1) is 0 Å². The summed E-state index contributed by atoms with van der Waals surface area (Å²) in [5.41, 5.74) is 8.44. The minimum atomic E-state index is 0.114. The number of phenolic OH excluding ortho intramolecular Hbond substituents is 1. The monoisotopic (exact) mass is 422 g/mol. The molecule has 2 heterocycles. The normalized spacial score (nSPS) is 23.1. The van der Waals surface area contributed by atoms with Crippen LogP contribution in [0.3, 0.4) is 0 Å². The number of aromatic nitrogens is 1. The number of aryl methyl sites for hydroxylation is 1. The van der Waals surface area contributed by atoms with Gasteiger partial charge in [-0.1, -0.05) is 60.7 Å². The van der Waals surface area contributed by atoms with Crippen LogP contribution in [0, 0.1) is 12.8 Å². The van der Waals surface area contributed by atoms with Gasteiger partial charge >= 0.3 is 0 Å². The number of hydrogen-bond acceptors (Lipinski definition) is 2. The van der Waals surface area contributed by atoms with Crippen molar-refractivity contribution < 1.29 is 5.11 Å². The van der Waals surface area contributed by atoms with Gasteiger partial charge in [0.15, 0.2) is 0 Å². The molecule has 2 aliphatic rings. The van der Waals surface area contributed by atoms with Crippen molar-refractivity contribution in [2.24, 2.45) is 5.92 Å². The van der Waals surface area contributed by atoms with Crippen molar-refractivity contribution in [2.75, 3.05) is 13.1 Å². The maximum Gasteiger partial charge on any atom is 0.115 e. The van der Waals surface area contributed by atoms with Crippen molar-refractivity contribution in [3.63, 3.8) is 0 Å². The first kappa shape index (κ1) is 19.6. The maximum atomic E-state index is 9.92. The molecular formula is C29H30N2O. The Morgan fingerprint density at radius 3 is 2.62 bits per heavy atom. The summed E-state index contributed by atoms with van der Waals surface area (Å²) in [5, 5.41) is 11.3. The summed E-state index contributed by atoms with van der Waals surface area (Å²) in [5.74, 6) is 0.900. The van der Waals surface area contributed by atoms with E-state index < -0.39 is 0 Å². The van der Waals surface area contributed by atoms with Gasteiger partial charge in [0.25, 0.3) is 0 Å². The van der Waals surface area contributed by atoms with Gasteiger partial charge in [0.2, 0.25) is 0 Å². The number of para-hydroxylation sites is 1. The molecule has 162 valence electrons. The van der Waals surface area contributed by atoms with E-state index >= 15 is 0 Å². The average Bonchev–Trinajstić information content (AvgIpc) is 3.17. The second-order valence-electron chi connectivity index (χ2n) is 9.83. The van der Waals surface area contributed by atoms with Crippen molar-refractivity contribution in [3.8, 4) is 5.75 Å². The number of rotatable bonds is 3. The lowest BCUT2D eigenvalue weighted by Gasteiger charge is -2.51. The Morgan fingerprint density at radius 1 is 1.00 bits per heavy atom. The molecule has 0 saturated carbocycles. The zero-order valence-corrected chi connectivity index (χ0v) is 18.6. The molecule has 3 heteroatoms. The number of fused-ring (bicyclic) bond motifs is 4. The van der Waals surface area contributed by atoms with Crippen LogP contribution in [0.15, 0.2) is 72.8 Å².